The second kappa shape index (κ2) is 4.22. The van der Waals surface area contributed by atoms with Gasteiger partial charge >= 0.3 is 6.09 Å². The largest absolute Gasteiger partial charge is 0.444 e. The molecule has 94 valence electrons. The van der Waals surface area contributed by atoms with E-state index in [9.17, 15) is 4.79 Å². The van der Waals surface area contributed by atoms with Crippen LogP contribution in [0.15, 0.2) is 0 Å². The lowest BCUT2D eigenvalue weighted by molar-refractivity contribution is 0.00526. The molecule has 0 aromatic rings. The van der Waals surface area contributed by atoms with Crippen molar-refractivity contribution in [3.8, 4) is 0 Å². The van der Waals surface area contributed by atoms with Crippen molar-refractivity contribution in [2.75, 3.05) is 6.54 Å². The summed E-state index contributed by atoms with van der Waals surface area (Å²) < 4.78 is 5.32. The Balaban J connectivity index is 2.59. The molecule has 0 saturated carbocycles. The van der Waals surface area contributed by atoms with E-state index in [1.165, 1.54) is 0 Å². The molecule has 0 aromatic heterocycles. The Kier molecular flexibility index (Phi) is 3.50. The van der Waals surface area contributed by atoms with Crippen molar-refractivity contribution >= 4 is 6.09 Å². The molecule has 1 fully saturated rings. The van der Waals surface area contributed by atoms with Crippen LogP contribution >= 0.6 is 0 Å². The molecule has 1 atom stereocenters. The third kappa shape index (κ3) is 3.64. The summed E-state index contributed by atoms with van der Waals surface area (Å²) in [6, 6.07) is 0.0265. The van der Waals surface area contributed by atoms with Crippen molar-refractivity contribution in [1.82, 2.24) is 4.90 Å². The summed E-state index contributed by atoms with van der Waals surface area (Å²) >= 11 is 0. The van der Waals surface area contributed by atoms with E-state index in [1.807, 2.05) is 27.7 Å². The van der Waals surface area contributed by atoms with Crippen LogP contribution in [0.5, 0.6) is 0 Å². The van der Waals surface area contributed by atoms with Crippen LogP contribution in [0.4, 0.5) is 4.79 Å². The van der Waals surface area contributed by atoms with Crippen LogP contribution in [0, 0.1) is 0 Å². The van der Waals surface area contributed by atoms with Crippen molar-refractivity contribution in [1.29, 1.82) is 0 Å². The van der Waals surface area contributed by atoms with Gasteiger partial charge in [-0.2, -0.15) is 0 Å². The van der Waals surface area contributed by atoms with Gasteiger partial charge < -0.3 is 21.1 Å². The highest BCUT2D eigenvalue weighted by Gasteiger charge is 2.35. The molecule has 1 saturated heterocycles. The van der Waals surface area contributed by atoms with E-state index in [4.69, 9.17) is 16.2 Å². The zero-order valence-corrected chi connectivity index (χ0v) is 10.6. The van der Waals surface area contributed by atoms with Gasteiger partial charge in [0.25, 0.3) is 0 Å². The van der Waals surface area contributed by atoms with Crippen LogP contribution in [0.3, 0.4) is 0 Å². The van der Waals surface area contributed by atoms with E-state index < -0.39 is 11.3 Å². The molecule has 1 aliphatic rings. The highest BCUT2D eigenvalue weighted by molar-refractivity contribution is 5.68. The second-order valence-electron chi connectivity index (χ2n) is 5.71. The Morgan fingerprint density at radius 2 is 2.00 bits per heavy atom. The Morgan fingerprint density at radius 1 is 1.44 bits per heavy atom. The van der Waals surface area contributed by atoms with Gasteiger partial charge in [-0.15, -0.1) is 0 Å². The lowest BCUT2D eigenvalue weighted by atomic mass is 9.93. The van der Waals surface area contributed by atoms with Gasteiger partial charge in [0, 0.05) is 12.6 Å². The first-order valence-corrected chi connectivity index (χ1v) is 5.68. The number of amides is 1. The minimum absolute atomic E-state index is 0.0265. The van der Waals surface area contributed by atoms with Crippen molar-refractivity contribution in [2.45, 2.75) is 57.8 Å². The first-order chi connectivity index (χ1) is 7.11. The predicted octanol–water partition coefficient (Wildman–Crippen LogP) is 1.02. The number of likely N-dealkylation sites (tertiary alicyclic amines) is 1. The molecule has 0 bridgehead atoms. The Bertz CT molecular complexity index is 271. The van der Waals surface area contributed by atoms with E-state index in [0.717, 1.165) is 0 Å². The lowest BCUT2D eigenvalue weighted by Gasteiger charge is -2.41. The molecule has 0 aliphatic carbocycles. The number of carbonyl (C=O) groups is 1. The molecule has 5 nitrogen and oxygen atoms in total. The fourth-order valence-corrected chi connectivity index (χ4v) is 1.90. The molecule has 1 unspecified atom stereocenters. The lowest BCUT2D eigenvalue weighted by Crippen LogP contribution is -2.61. The summed E-state index contributed by atoms with van der Waals surface area (Å²) in [7, 11) is 0. The summed E-state index contributed by atoms with van der Waals surface area (Å²) in [5, 5.41) is 0. The molecule has 1 heterocycles. The molecule has 0 spiro atoms. The summed E-state index contributed by atoms with van der Waals surface area (Å²) in [4.78, 5) is 13.6. The van der Waals surface area contributed by atoms with Crippen molar-refractivity contribution in [3.05, 3.63) is 0 Å². The summed E-state index contributed by atoms with van der Waals surface area (Å²) in [6.45, 7) is 8.07. The highest BCUT2D eigenvalue weighted by Crippen LogP contribution is 2.22. The summed E-state index contributed by atoms with van der Waals surface area (Å²) in [5.41, 5.74) is 10.6. The number of nitrogens with zero attached hydrogens (tertiary/aromatic N) is 1. The average Bonchev–Trinajstić information content (AvgIpc) is 1.97. The quantitative estimate of drug-likeness (QED) is 0.608. The molecule has 0 radical (unpaired) electrons. The topological polar surface area (TPSA) is 81.6 Å². The summed E-state index contributed by atoms with van der Waals surface area (Å²) in [5.74, 6) is 0. The molecule has 1 aliphatic heterocycles. The normalized spacial score (nSPS) is 25.4. The number of nitrogens with two attached hydrogens (primary N) is 2. The first kappa shape index (κ1) is 13.3. The van der Waals surface area contributed by atoms with Gasteiger partial charge in [0.2, 0.25) is 0 Å². The maximum atomic E-state index is 11.9. The van der Waals surface area contributed by atoms with Crippen molar-refractivity contribution in [2.24, 2.45) is 11.5 Å². The van der Waals surface area contributed by atoms with Gasteiger partial charge in [0.15, 0.2) is 0 Å². The van der Waals surface area contributed by atoms with Crippen LogP contribution < -0.4 is 11.5 Å². The number of rotatable bonds is 0. The van der Waals surface area contributed by atoms with Gasteiger partial charge in [-0.25, -0.2) is 4.79 Å². The molecule has 4 N–H and O–H groups in total. The monoisotopic (exact) mass is 229 g/mol. The van der Waals surface area contributed by atoms with E-state index in [-0.39, 0.29) is 12.1 Å². The molecule has 1 amide bonds. The second-order valence-corrected chi connectivity index (χ2v) is 5.71. The highest BCUT2D eigenvalue weighted by atomic mass is 16.6. The minimum Gasteiger partial charge on any atom is -0.444 e. The fraction of sp³-hybridized carbons (Fsp3) is 0.909. The van der Waals surface area contributed by atoms with E-state index in [1.54, 1.807) is 4.90 Å². The SMILES string of the molecule is CC1CC(N)(N)CCN1C(=O)OC(C)(C)C. The zero-order valence-electron chi connectivity index (χ0n) is 10.6. The molecule has 0 aromatic carbocycles. The minimum atomic E-state index is -0.655. The summed E-state index contributed by atoms with van der Waals surface area (Å²) in [6.07, 6.45) is 0.929. The van der Waals surface area contributed by atoms with Gasteiger partial charge in [0.1, 0.15) is 5.60 Å². The molecule has 5 heteroatoms. The van der Waals surface area contributed by atoms with E-state index >= 15 is 0 Å². The Hall–Kier alpha value is -0.810. The number of hydrogen-bond acceptors (Lipinski definition) is 4. The van der Waals surface area contributed by atoms with Crippen LogP contribution in [-0.2, 0) is 4.74 Å². The number of ether oxygens (including phenoxy) is 1. The van der Waals surface area contributed by atoms with Gasteiger partial charge in [-0.3, -0.25) is 0 Å². The third-order valence-electron chi connectivity index (χ3n) is 2.65. The van der Waals surface area contributed by atoms with Crippen LogP contribution in [0.25, 0.3) is 0 Å². The van der Waals surface area contributed by atoms with Gasteiger partial charge in [-0.1, -0.05) is 0 Å². The van der Waals surface area contributed by atoms with E-state index in [2.05, 4.69) is 0 Å². The van der Waals surface area contributed by atoms with Crippen molar-refractivity contribution in [3.63, 3.8) is 0 Å². The van der Waals surface area contributed by atoms with Gasteiger partial charge in [-0.05, 0) is 40.5 Å². The number of hydrogen-bond donors (Lipinski definition) is 2. The van der Waals surface area contributed by atoms with Crippen LogP contribution in [-0.4, -0.2) is 34.8 Å². The van der Waals surface area contributed by atoms with Crippen LogP contribution in [0.2, 0.25) is 0 Å². The smallest absolute Gasteiger partial charge is 0.410 e. The predicted molar refractivity (Wildman–Crippen MR) is 62.7 cm³/mol. The third-order valence-corrected chi connectivity index (χ3v) is 2.65. The molecular weight excluding hydrogens is 206 g/mol. The maximum Gasteiger partial charge on any atom is 0.410 e. The molecule has 1 rings (SSSR count). The average molecular weight is 229 g/mol. The number of piperidine rings is 1. The Morgan fingerprint density at radius 3 is 2.44 bits per heavy atom. The molecular formula is C11H23N3O2. The van der Waals surface area contributed by atoms with Gasteiger partial charge in [0.05, 0.1) is 5.66 Å². The van der Waals surface area contributed by atoms with Crippen molar-refractivity contribution < 1.29 is 9.53 Å². The molecule has 16 heavy (non-hydrogen) atoms. The van der Waals surface area contributed by atoms with E-state index in [0.29, 0.717) is 19.4 Å². The Labute approximate surface area is 97.1 Å². The standard InChI is InChI=1S/C11H23N3O2/c1-8-7-11(12,13)5-6-14(8)9(15)16-10(2,3)4/h8H,5-7,12-13H2,1-4H3. The zero-order chi connectivity index (χ0) is 12.6. The van der Waals surface area contributed by atoms with Crippen LogP contribution in [0.1, 0.15) is 40.5 Å². The number of carbonyl (C=O) groups excluding carboxylic acids is 1. The fourth-order valence-electron chi connectivity index (χ4n) is 1.90. The first-order valence-electron chi connectivity index (χ1n) is 5.68. The maximum absolute atomic E-state index is 11.9.